The second-order valence-corrected chi connectivity index (χ2v) is 24.6. The summed E-state index contributed by atoms with van der Waals surface area (Å²) in [6.07, 6.45) is 0. The second kappa shape index (κ2) is 23.3. The summed E-state index contributed by atoms with van der Waals surface area (Å²) in [7, 11) is 0. The monoisotopic (exact) mass is 1220 g/mol. The Hall–Kier alpha value is -13.0. The molecule has 2 aliphatic rings. The molecule has 0 aliphatic carbocycles. The zero-order chi connectivity index (χ0) is 63.6. The molecule has 0 fully saturated rings. The van der Waals surface area contributed by atoms with Crippen molar-refractivity contribution in [1.82, 2.24) is 19.5 Å². The average Bonchev–Trinajstić information content (AvgIpc) is 0.781. The fourth-order valence-electron chi connectivity index (χ4n) is 14.5. The maximum absolute atomic E-state index is 10.6. The number of nitriles is 1. The van der Waals surface area contributed by atoms with E-state index < -0.39 is 0 Å². The number of hydrogen-bond donors (Lipinski definition) is 0. The van der Waals surface area contributed by atoms with Gasteiger partial charge in [0.25, 0.3) is 6.71 Å². The summed E-state index contributed by atoms with van der Waals surface area (Å²) in [4.78, 5) is 20.5. The number of hydrogen-bond acceptors (Lipinski definition) is 6. The summed E-state index contributed by atoms with van der Waals surface area (Å²) in [5, 5.41) is 12.7. The van der Waals surface area contributed by atoms with Crippen molar-refractivity contribution in [2.24, 2.45) is 0 Å². The molecule has 0 spiro atoms. The summed E-state index contributed by atoms with van der Waals surface area (Å²) in [6, 6.07) is 124. The van der Waals surface area contributed by atoms with Crippen molar-refractivity contribution in [3.63, 3.8) is 0 Å². The van der Waals surface area contributed by atoms with Crippen LogP contribution >= 0.6 is 0 Å². The van der Waals surface area contributed by atoms with Gasteiger partial charge in [0.2, 0.25) is 0 Å². The fraction of sp³-hybridized carbons (Fsp3) is 0. The van der Waals surface area contributed by atoms with Crippen LogP contribution in [0.4, 0.5) is 34.1 Å². The molecule has 7 nitrogen and oxygen atoms in total. The lowest BCUT2D eigenvalue weighted by Crippen LogP contribution is -2.61. The minimum Gasteiger partial charge on any atom is -0.311 e. The molecular weight excluding hydrogens is 1170 g/mol. The van der Waals surface area contributed by atoms with Gasteiger partial charge < -0.3 is 14.4 Å². The summed E-state index contributed by atoms with van der Waals surface area (Å²) >= 11 is 0. The lowest BCUT2D eigenvalue weighted by Gasteiger charge is -2.44. The highest BCUT2D eigenvalue weighted by molar-refractivity contribution is 7.00. The number of fused-ring (bicyclic) bond motifs is 7. The van der Waals surface area contributed by atoms with Gasteiger partial charge in [-0.2, -0.15) is 5.26 Å². The number of para-hydroxylation sites is 1. The van der Waals surface area contributed by atoms with Gasteiger partial charge in [0, 0.05) is 61.6 Å². The normalized spacial score (nSPS) is 12.1. The van der Waals surface area contributed by atoms with Gasteiger partial charge in [-0.25, -0.2) is 15.0 Å². The van der Waals surface area contributed by atoms with E-state index in [0.29, 0.717) is 28.6 Å². The maximum atomic E-state index is 10.6. The van der Waals surface area contributed by atoms with Gasteiger partial charge in [0.1, 0.15) is 0 Å². The standard InChI is InChI=1S/C88H56BN7/c90-57-58-35-47-80(75(51-58)88-92-86(65-29-15-5-16-30-65)91-87(93-88)66-31-17-6-18-32-66)96-78-34-20-19-33-73(78)74-52-67(40-48-79(74)96)70-55-83-85-84(56-70)95(72-45-38-64(39-46-72)60-23-9-2-10-24-60)82-50-42-69(62-27-13-4-14-28-62)54-77(82)89(85)76-53-68(61-25-11-3-12-26-61)41-49-81(76)94(83)71-43-36-63(37-44-71)59-21-7-1-8-22-59/h1-56H. The van der Waals surface area contributed by atoms with Crippen LogP contribution < -0.4 is 26.2 Å². The Balaban J connectivity index is 0.881. The summed E-state index contributed by atoms with van der Waals surface area (Å²) in [5.41, 5.74) is 27.5. The Morgan fingerprint density at radius 2 is 0.646 bits per heavy atom. The van der Waals surface area contributed by atoms with Gasteiger partial charge in [-0.1, -0.05) is 255 Å². The van der Waals surface area contributed by atoms with Gasteiger partial charge in [0.15, 0.2) is 17.5 Å². The lowest BCUT2D eigenvalue weighted by atomic mass is 9.33. The van der Waals surface area contributed by atoms with Crippen molar-refractivity contribution >= 4 is 79.0 Å². The Morgan fingerprint density at radius 3 is 1.12 bits per heavy atom. The molecular formula is C88H56BN7. The Morgan fingerprint density at radius 1 is 0.271 bits per heavy atom. The Kier molecular flexibility index (Phi) is 13.6. The molecule has 0 amide bonds. The Labute approximate surface area is 557 Å². The molecule has 446 valence electrons. The van der Waals surface area contributed by atoms with Crippen molar-refractivity contribution in [3.05, 3.63) is 345 Å². The van der Waals surface area contributed by atoms with E-state index in [1.54, 1.807) is 0 Å². The van der Waals surface area contributed by atoms with Crippen LogP contribution in [0.5, 0.6) is 0 Å². The number of rotatable bonds is 11. The van der Waals surface area contributed by atoms with Crippen LogP contribution in [0.25, 0.3) is 117 Å². The van der Waals surface area contributed by atoms with E-state index in [1.165, 1.54) is 38.6 Å². The molecule has 18 rings (SSSR count). The van der Waals surface area contributed by atoms with Gasteiger partial charge in [0.05, 0.1) is 28.4 Å². The smallest absolute Gasteiger partial charge is 0.252 e. The molecule has 96 heavy (non-hydrogen) atoms. The molecule has 0 radical (unpaired) electrons. The highest BCUT2D eigenvalue weighted by Gasteiger charge is 2.44. The van der Waals surface area contributed by atoms with Crippen LogP contribution in [-0.4, -0.2) is 26.2 Å². The minimum absolute atomic E-state index is 0.167. The first-order valence-electron chi connectivity index (χ1n) is 32.5. The van der Waals surface area contributed by atoms with Crippen molar-refractivity contribution in [2.75, 3.05) is 9.80 Å². The van der Waals surface area contributed by atoms with Crippen LogP contribution in [0.2, 0.25) is 0 Å². The van der Waals surface area contributed by atoms with E-state index >= 15 is 0 Å². The minimum atomic E-state index is -0.167. The first kappa shape index (κ1) is 55.9. The molecule has 0 atom stereocenters. The largest absolute Gasteiger partial charge is 0.311 e. The van der Waals surface area contributed by atoms with Gasteiger partial charge in [-0.05, 0) is 157 Å². The van der Waals surface area contributed by atoms with Crippen molar-refractivity contribution in [3.8, 4) is 102 Å². The molecule has 0 unspecified atom stereocenters. The molecule has 2 aliphatic heterocycles. The maximum Gasteiger partial charge on any atom is 0.252 e. The predicted molar refractivity (Wildman–Crippen MR) is 396 cm³/mol. The fourth-order valence-corrected chi connectivity index (χ4v) is 14.5. The van der Waals surface area contributed by atoms with Crippen LogP contribution in [-0.2, 0) is 0 Å². The molecule has 0 N–H and O–H groups in total. The third kappa shape index (κ3) is 9.64. The van der Waals surface area contributed by atoms with E-state index in [4.69, 9.17) is 15.0 Å². The zero-order valence-corrected chi connectivity index (χ0v) is 52.0. The van der Waals surface area contributed by atoms with Crippen molar-refractivity contribution in [2.45, 2.75) is 0 Å². The molecule has 14 aromatic carbocycles. The topological polar surface area (TPSA) is 73.9 Å². The molecule has 16 aromatic rings. The predicted octanol–water partition coefficient (Wildman–Crippen LogP) is 20.3. The van der Waals surface area contributed by atoms with Crippen LogP contribution in [0.1, 0.15) is 5.56 Å². The van der Waals surface area contributed by atoms with E-state index in [-0.39, 0.29) is 6.71 Å². The molecule has 4 heterocycles. The van der Waals surface area contributed by atoms with E-state index in [9.17, 15) is 5.26 Å². The number of anilines is 6. The summed E-state index contributed by atoms with van der Waals surface area (Å²) in [5.74, 6) is 1.55. The molecule has 8 heteroatoms. The van der Waals surface area contributed by atoms with Crippen molar-refractivity contribution < 1.29 is 0 Å². The highest BCUT2D eigenvalue weighted by Crippen LogP contribution is 2.49. The molecule has 2 aromatic heterocycles. The number of benzene rings is 14. The molecule has 0 saturated heterocycles. The molecule has 0 saturated carbocycles. The third-order valence-electron chi connectivity index (χ3n) is 19.1. The Bertz CT molecular complexity index is 5440. The first-order valence-corrected chi connectivity index (χ1v) is 32.5. The van der Waals surface area contributed by atoms with E-state index in [1.807, 2.05) is 78.9 Å². The highest BCUT2D eigenvalue weighted by atomic mass is 15.2. The lowest BCUT2D eigenvalue weighted by molar-refractivity contribution is 1.06. The van der Waals surface area contributed by atoms with Crippen LogP contribution in [0.3, 0.4) is 0 Å². The number of nitrogens with zero attached hydrogens (tertiary/aromatic N) is 7. The van der Waals surface area contributed by atoms with Gasteiger partial charge in [-0.15, -0.1) is 0 Å². The second-order valence-electron chi connectivity index (χ2n) is 24.6. The first-order chi connectivity index (χ1) is 47.5. The van der Waals surface area contributed by atoms with E-state index in [2.05, 4.69) is 281 Å². The third-order valence-corrected chi connectivity index (χ3v) is 19.1. The van der Waals surface area contributed by atoms with Crippen molar-refractivity contribution in [1.29, 1.82) is 5.26 Å². The summed E-state index contributed by atoms with van der Waals surface area (Å²) < 4.78 is 2.31. The average molecular weight is 1220 g/mol. The zero-order valence-electron chi connectivity index (χ0n) is 52.0. The van der Waals surface area contributed by atoms with Gasteiger partial charge in [-0.3, -0.25) is 0 Å². The summed E-state index contributed by atoms with van der Waals surface area (Å²) in [6.45, 7) is -0.167. The number of aromatic nitrogens is 4. The van der Waals surface area contributed by atoms with Crippen LogP contribution in [0.15, 0.2) is 340 Å². The quantitative estimate of drug-likeness (QED) is 0.120. The SMILES string of the molecule is N#Cc1ccc(-n2c3ccccc3c3cc(-c4cc5c6c(c4)N(c4ccc(-c7ccccc7)cc4)c4ccc(-c7ccccc7)cc4B6c4cc(-c6ccccc6)ccc4N5c4ccc(-c5ccccc5)cc4)ccc32)c(-c2nc(-c3ccccc3)nc(-c3ccccc3)n2)c1. The van der Waals surface area contributed by atoms with Gasteiger partial charge >= 0.3 is 0 Å². The molecule has 0 bridgehead atoms. The van der Waals surface area contributed by atoms with E-state index in [0.717, 1.165) is 106 Å². The van der Waals surface area contributed by atoms with Crippen LogP contribution in [0, 0.1) is 11.3 Å².